The molecule has 1 atom stereocenters. The summed E-state index contributed by atoms with van der Waals surface area (Å²) in [5.41, 5.74) is 5.20. The SMILES string of the molecule is COc1c2c3c(c(OC)c1OC)-c1cc4c(cc1C[C@@H]3N(C(C)=O)CC2)OCO4. The standard InChI is InChI=1S/C22H23NO6/c1-11(24)23-6-5-13-18-15(23)7-12-8-16-17(29-10-28-16)9-14(12)19(18)21(26-3)22(27-4)20(13)25-2/h8-9,15H,5-7,10H2,1-4H3/t15-/m0/s1. The third-order valence-corrected chi connectivity index (χ3v) is 6.12. The Morgan fingerprint density at radius 1 is 1.03 bits per heavy atom. The molecule has 0 saturated heterocycles. The van der Waals surface area contributed by atoms with Gasteiger partial charge in [-0.05, 0) is 41.7 Å². The van der Waals surface area contributed by atoms with Crippen molar-refractivity contribution in [3.05, 3.63) is 28.8 Å². The first-order chi connectivity index (χ1) is 14.1. The Kier molecular flexibility index (Phi) is 4.01. The molecule has 0 fully saturated rings. The molecule has 2 aromatic rings. The molecule has 7 heteroatoms. The maximum Gasteiger partial charge on any atom is 0.231 e. The Morgan fingerprint density at radius 3 is 2.38 bits per heavy atom. The van der Waals surface area contributed by atoms with Crippen molar-refractivity contribution in [1.29, 1.82) is 0 Å². The van der Waals surface area contributed by atoms with Gasteiger partial charge in [0, 0.05) is 24.6 Å². The van der Waals surface area contributed by atoms with Crippen LogP contribution in [0.25, 0.3) is 11.1 Å². The number of carbonyl (C=O) groups excluding carboxylic acids is 1. The number of fused-ring (bicyclic) bond motifs is 3. The van der Waals surface area contributed by atoms with Crippen molar-refractivity contribution >= 4 is 5.91 Å². The molecule has 5 rings (SSSR count). The van der Waals surface area contributed by atoms with Gasteiger partial charge in [-0.3, -0.25) is 4.79 Å². The smallest absolute Gasteiger partial charge is 0.231 e. The van der Waals surface area contributed by atoms with Crippen LogP contribution in [0.4, 0.5) is 0 Å². The largest absolute Gasteiger partial charge is 0.492 e. The van der Waals surface area contributed by atoms with Crippen LogP contribution in [0.15, 0.2) is 12.1 Å². The van der Waals surface area contributed by atoms with Gasteiger partial charge in [0.2, 0.25) is 18.4 Å². The predicted octanol–water partition coefficient (Wildman–Crippen LogP) is 3.11. The third kappa shape index (κ3) is 2.39. The summed E-state index contributed by atoms with van der Waals surface area (Å²) in [5.74, 6) is 3.37. The van der Waals surface area contributed by atoms with Gasteiger partial charge in [0.15, 0.2) is 23.0 Å². The molecule has 152 valence electrons. The number of nitrogens with zero attached hydrogens (tertiary/aromatic N) is 1. The number of hydrogen-bond donors (Lipinski definition) is 0. The molecule has 0 bridgehead atoms. The quantitative estimate of drug-likeness (QED) is 0.793. The molecule has 2 aliphatic heterocycles. The monoisotopic (exact) mass is 397 g/mol. The lowest BCUT2D eigenvalue weighted by Gasteiger charge is -2.42. The first kappa shape index (κ1) is 18.0. The topological polar surface area (TPSA) is 66.5 Å². The van der Waals surface area contributed by atoms with E-state index in [-0.39, 0.29) is 18.7 Å². The highest BCUT2D eigenvalue weighted by molar-refractivity contribution is 5.88. The fourth-order valence-electron chi connectivity index (χ4n) is 4.96. The van der Waals surface area contributed by atoms with Crippen LogP contribution >= 0.6 is 0 Å². The first-order valence-corrected chi connectivity index (χ1v) is 9.63. The minimum atomic E-state index is -0.0900. The zero-order chi connectivity index (χ0) is 20.3. The zero-order valence-corrected chi connectivity index (χ0v) is 17.0. The van der Waals surface area contributed by atoms with E-state index in [4.69, 9.17) is 23.7 Å². The molecule has 0 saturated carbocycles. The van der Waals surface area contributed by atoms with Crippen molar-refractivity contribution < 1.29 is 28.5 Å². The Labute approximate surface area is 169 Å². The summed E-state index contributed by atoms with van der Waals surface area (Å²) < 4.78 is 28.5. The lowest BCUT2D eigenvalue weighted by atomic mass is 9.75. The fourth-order valence-corrected chi connectivity index (χ4v) is 4.96. The number of rotatable bonds is 3. The number of benzene rings is 2. The van der Waals surface area contributed by atoms with Crippen molar-refractivity contribution in [2.75, 3.05) is 34.7 Å². The molecule has 29 heavy (non-hydrogen) atoms. The van der Waals surface area contributed by atoms with Crippen LogP contribution in [0.1, 0.15) is 29.7 Å². The van der Waals surface area contributed by atoms with Gasteiger partial charge >= 0.3 is 0 Å². The summed E-state index contributed by atoms with van der Waals surface area (Å²) in [5, 5.41) is 0. The average Bonchev–Trinajstić information content (AvgIpc) is 3.18. The van der Waals surface area contributed by atoms with E-state index in [0.717, 1.165) is 33.6 Å². The summed E-state index contributed by atoms with van der Waals surface area (Å²) in [6.45, 7) is 2.47. The molecule has 0 N–H and O–H groups in total. The maximum absolute atomic E-state index is 12.4. The maximum atomic E-state index is 12.4. The second-order valence-corrected chi connectivity index (χ2v) is 7.41. The van der Waals surface area contributed by atoms with Gasteiger partial charge in [-0.15, -0.1) is 0 Å². The molecule has 2 heterocycles. The summed E-state index contributed by atoms with van der Waals surface area (Å²) in [6.07, 6.45) is 1.39. The lowest BCUT2D eigenvalue weighted by Crippen LogP contribution is -2.41. The molecule has 3 aliphatic rings. The molecule has 2 aromatic carbocycles. The van der Waals surface area contributed by atoms with Crippen LogP contribution in [0.2, 0.25) is 0 Å². The molecule has 0 aromatic heterocycles. The minimum Gasteiger partial charge on any atom is -0.492 e. The van der Waals surface area contributed by atoms with Crippen LogP contribution in [-0.2, 0) is 17.6 Å². The summed E-state index contributed by atoms with van der Waals surface area (Å²) in [7, 11) is 4.88. The van der Waals surface area contributed by atoms with Crippen molar-refractivity contribution in [3.63, 3.8) is 0 Å². The van der Waals surface area contributed by atoms with Gasteiger partial charge in [0.25, 0.3) is 0 Å². The van der Waals surface area contributed by atoms with E-state index < -0.39 is 0 Å². The van der Waals surface area contributed by atoms with E-state index in [1.165, 1.54) is 0 Å². The normalized spacial score (nSPS) is 18.1. The van der Waals surface area contributed by atoms with Gasteiger partial charge in [-0.25, -0.2) is 0 Å². The Morgan fingerprint density at radius 2 is 1.72 bits per heavy atom. The molecule has 0 radical (unpaired) electrons. The predicted molar refractivity (Wildman–Crippen MR) is 105 cm³/mol. The molecular formula is C22H23NO6. The Bertz CT molecular complexity index is 1030. The summed E-state index contributed by atoms with van der Waals surface area (Å²) >= 11 is 0. The number of hydrogen-bond acceptors (Lipinski definition) is 6. The first-order valence-electron chi connectivity index (χ1n) is 9.63. The average molecular weight is 397 g/mol. The Hall–Kier alpha value is -3.09. The highest BCUT2D eigenvalue weighted by atomic mass is 16.7. The van der Waals surface area contributed by atoms with Crippen LogP contribution in [0.3, 0.4) is 0 Å². The van der Waals surface area contributed by atoms with Crippen LogP contribution in [0.5, 0.6) is 28.7 Å². The van der Waals surface area contributed by atoms with Gasteiger partial charge in [0.1, 0.15) is 0 Å². The van der Waals surface area contributed by atoms with Crippen LogP contribution in [-0.4, -0.2) is 45.5 Å². The van der Waals surface area contributed by atoms with E-state index in [1.807, 2.05) is 17.0 Å². The molecule has 7 nitrogen and oxygen atoms in total. The second-order valence-electron chi connectivity index (χ2n) is 7.41. The van der Waals surface area contributed by atoms with Crippen molar-refractivity contribution in [1.82, 2.24) is 4.90 Å². The summed E-state index contributed by atoms with van der Waals surface area (Å²) in [6, 6.07) is 3.93. The molecule has 0 unspecified atom stereocenters. The molecule has 0 spiro atoms. The van der Waals surface area contributed by atoms with Gasteiger partial charge in [0.05, 0.1) is 27.4 Å². The van der Waals surface area contributed by atoms with Gasteiger partial charge in [-0.2, -0.15) is 0 Å². The minimum absolute atomic E-state index is 0.0598. The highest BCUT2D eigenvalue weighted by Crippen LogP contribution is 2.58. The molecule has 1 aliphatic carbocycles. The number of carbonyl (C=O) groups is 1. The van der Waals surface area contributed by atoms with E-state index >= 15 is 0 Å². The summed E-state index contributed by atoms with van der Waals surface area (Å²) in [4.78, 5) is 14.4. The molecule has 1 amide bonds. The lowest BCUT2D eigenvalue weighted by molar-refractivity contribution is -0.131. The van der Waals surface area contributed by atoms with Gasteiger partial charge in [-0.1, -0.05) is 0 Å². The van der Waals surface area contributed by atoms with Crippen molar-refractivity contribution in [2.45, 2.75) is 25.8 Å². The Balaban J connectivity index is 1.87. The van der Waals surface area contributed by atoms with E-state index in [0.29, 0.717) is 42.4 Å². The second kappa shape index (κ2) is 6.47. The number of methoxy groups -OCH3 is 3. The van der Waals surface area contributed by atoms with Crippen molar-refractivity contribution in [3.8, 4) is 39.9 Å². The van der Waals surface area contributed by atoms with Crippen LogP contribution < -0.4 is 23.7 Å². The number of ether oxygens (including phenoxy) is 5. The van der Waals surface area contributed by atoms with E-state index in [2.05, 4.69) is 0 Å². The van der Waals surface area contributed by atoms with Gasteiger partial charge < -0.3 is 28.6 Å². The zero-order valence-electron chi connectivity index (χ0n) is 17.0. The van der Waals surface area contributed by atoms with Crippen LogP contribution in [0, 0.1) is 0 Å². The van der Waals surface area contributed by atoms with E-state index in [9.17, 15) is 4.79 Å². The highest BCUT2D eigenvalue weighted by Gasteiger charge is 2.41. The third-order valence-electron chi connectivity index (χ3n) is 6.12. The number of amides is 1. The van der Waals surface area contributed by atoms with E-state index in [1.54, 1.807) is 28.3 Å². The molecular weight excluding hydrogens is 374 g/mol. The fraction of sp³-hybridized carbons (Fsp3) is 0.409. The van der Waals surface area contributed by atoms with Crippen molar-refractivity contribution in [2.24, 2.45) is 0 Å².